The highest BCUT2D eigenvalue weighted by Gasteiger charge is 2.28. The zero-order chi connectivity index (χ0) is 17.0. The van der Waals surface area contributed by atoms with Gasteiger partial charge in [-0.05, 0) is 37.1 Å². The number of nitrogens with zero attached hydrogens (tertiary/aromatic N) is 2. The lowest BCUT2D eigenvalue weighted by Gasteiger charge is -2.02. The Hall–Kier alpha value is -3.14. The fourth-order valence-corrected chi connectivity index (χ4v) is 3.70. The fourth-order valence-electron chi connectivity index (χ4n) is 3.70. The van der Waals surface area contributed by atoms with Crippen LogP contribution in [0.4, 0.5) is 0 Å². The van der Waals surface area contributed by atoms with Crippen molar-refractivity contribution in [2.45, 2.75) is 20.3 Å². The van der Waals surface area contributed by atoms with Crippen molar-refractivity contribution in [3.63, 3.8) is 0 Å². The Morgan fingerprint density at radius 2 is 1.76 bits per heavy atom. The van der Waals surface area contributed by atoms with Crippen LogP contribution in [0.25, 0.3) is 34.2 Å². The van der Waals surface area contributed by atoms with Gasteiger partial charge in [-0.3, -0.25) is 0 Å². The van der Waals surface area contributed by atoms with Crippen LogP contribution in [0, 0.1) is 13.8 Å². The van der Waals surface area contributed by atoms with E-state index in [1.165, 1.54) is 27.9 Å². The molecule has 1 aliphatic carbocycles. The summed E-state index contributed by atoms with van der Waals surface area (Å²) in [6.45, 7) is 4.19. The van der Waals surface area contributed by atoms with Crippen molar-refractivity contribution in [1.29, 1.82) is 0 Å². The summed E-state index contributed by atoms with van der Waals surface area (Å²) >= 11 is 0. The van der Waals surface area contributed by atoms with Gasteiger partial charge in [0.05, 0.1) is 11.3 Å². The lowest BCUT2D eigenvalue weighted by Crippen LogP contribution is -1.88. The molecule has 122 valence electrons. The summed E-state index contributed by atoms with van der Waals surface area (Å²) in [5.41, 5.74) is 9.39. The van der Waals surface area contributed by atoms with Crippen molar-refractivity contribution in [1.82, 2.24) is 15.2 Å². The lowest BCUT2D eigenvalue weighted by molar-refractivity contribution is 0.583. The van der Waals surface area contributed by atoms with Crippen LogP contribution >= 0.6 is 0 Å². The summed E-state index contributed by atoms with van der Waals surface area (Å²) in [5.74, 6) is 1.13. The monoisotopic (exact) mass is 327 g/mol. The Bertz CT molecular complexity index is 1090. The molecule has 25 heavy (non-hydrogen) atoms. The van der Waals surface area contributed by atoms with Gasteiger partial charge >= 0.3 is 0 Å². The summed E-state index contributed by atoms with van der Waals surface area (Å²) in [7, 11) is 0. The highest BCUT2D eigenvalue weighted by atomic mass is 16.4. The molecule has 4 aromatic rings. The molecule has 0 atom stereocenters. The van der Waals surface area contributed by atoms with Crippen molar-refractivity contribution in [3.05, 3.63) is 70.9 Å². The maximum absolute atomic E-state index is 6.00. The van der Waals surface area contributed by atoms with Gasteiger partial charge < -0.3 is 9.40 Å². The molecule has 0 radical (unpaired) electrons. The third-order valence-corrected chi connectivity index (χ3v) is 4.85. The summed E-state index contributed by atoms with van der Waals surface area (Å²) in [6, 6.07) is 16.5. The molecular weight excluding hydrogens is 310 g/mol. The van der Waals surface area contributed by atoms with E-state index in [2.05, 4.69) is 47.2 Å². The number of fused-ring (bicyclic) bond motifs is 3. The largest absolute Gasteiger partial charge is 0.416 e. The van der Waals surface area contributed by atoms with Crippen LogP contribution in [0.1, 0.15) is 22.4 Å². The summed E-state index contributed by atoms with van der Waals surface area (Å²) < 4.78 is 6.00. The predicted octanol–water partition coefficient (Wildman–Crippen LogP) is 4.92. The molecule has 0 saturated heterocycles. The molecule has 0 bridgehead atoms. The van der Waals surface area contributed by atoms with E-state index in [1.807, 2.05) is 30.3 Å². The summed E-state index contributed by atoms with van der Waals surface area (Å²) in [5, 5.41) is 8.56. The fraction of sp³-hybridized carbons (Fsp3) is 0.143. The second-order valence-corrected chi connectivity index (χ2v) is 6.59. The van der Waals surface area contributed by atoms with Crippen LogP contribution in [0.2, 0.25) is 0 Å². The highest BCUT2D eigenvalue weighted by Crippen LogP contribution is 2.43. The second-order valence-electron chi connectivity index (χ2n) is 6.59. The third kappa shape index (κ3) is 2.14. The van der Waals surface area contributed by atoms with Gasteiger partial charge in [-0.2, -0.15) is 0 Å². The summed E-state index contributed by atoms with van der Waals surface area (Å²) in [4.78, 5) is 3.52. The molecule has 2 aromatic heterocycles. The molecule has 0 saturated carbocycles. The zero-order valence-corrected chi connectivity index (χ0v) is 14.1. The Morgan fingerprint density at radius 1 is 0.960 bits per heavy atom. The van der Waals surface area contributed by atoms with E-state index in [9.17, 15) is 0 Å². The molecule has 5 rings (SSSR count). The number of rotatable bonds is 2. The SMILES string of the molecule is Cc1ccc2c(c1)Cc1c-2[nH]c(C)c1-c1nnc(-c2ccccc2)o1. The van der Waals surface area contributed by atoms with Gasteiger partial charge in [-0.1, -0.05) is 42.0 Å². The first-order chi connectivity index (χ1) is 12.2. The summed E-state index contributed by atoms with van der Waals surface area (Å²) in [6.07, 6.45) is 0.898. The van der Waals surface area contributed by atoms with Crippen LogP contribution in [0.15, 0.2) is 52.9 Å². The Kier molecular flexibility index (Phi) is 2.95. The normalized spacial score (nSPS) is 12.2. The smallest absolute Gasteiger partial charge is 0.250 e. The van der Waals surface area contributed by atoms with Crippen molar-refractivity contribution < 1.29 is 4.42 Å². The van der Waals surface area contributed by atoms with Gasteiger partial charge in [-0.15, -0.1) is 10.2 Å². The Morgan fingerprint density at radius 3 is 2.60 bits per heavy atom. The van der Waals surface area contributed by atoms with E-state index in [4.69, 9.17) is 4.42 Å². The Labute approximate surface area is 145 Å². The standard InChI is InChI=1S/C21H17N3O/c1-12-8-9-16-15(10-12)11-17-18(13(2)22-19(16)17)21-24-23-20(25-21)14-6-4-3-5-7-14/h3-10,22H,11H2,1-2H3. The molecule has 4 nitrogen and oxygen atoms in total. The molecule has 0 aliphatic heterocycles. The lowest BCUT2D eigenvalue weighted by atomic mass is 10.1. The second kappa shape index (κ2) is 5.18. The van der Waals surface area contributed by atoms with Crippen LogP contribution in [0.5, 0.6) is 0 Å². The van der Waals surface area contributed by atoms with Crippen LogP contribution in [0.3, 0.4) is 0 Å². The molecule has 4 heteroatoms. The van der Waals surface area contributed by atoms with E-state index < -0.39 is 0 Å². The van der Waals surface area contributed by atoms with Gasteiger partial charge in [-0.25, -0.2) is 0 Å². The predicted molar refractivity (Wildman–Crippen MR) is 97.2 cm³/mol. The van der Waals surface area contributed by atoms with Gasteiger partial charge in [0.25, 0.3) is 0 Å². The molecule has 0 amide bonds. The van der Waals surface area contributed by atoms with E-state index in [0.717, 1.165) is 23.2 Å². The third-order valence-electron chi connectivity index (χ3n) is 4.85. The first kappa shape index (κ1) is 14.2. The van der Waals surface area contributed by atoms with Gasteiger partial charge in [0.2, 0.25) is 11.8 Å². The van der Waals surface area contributed by atoms with Gasteiger partial charge in [0.1, 0.15) is 0 Å². The molecule has 0 unspecified atom stereocenters. The minimum absolute atomic E-state index is 0.552. The molecule has 2 heterocycles. The molecular formula is C21H17N3O. The van der Waals surface area contributed by atoms with Crippen molar-refractivity contribution in [2.24, 2.45) is 0 Å². The quantitative estimate of drug-likeness (QED) is 0.501. The van der Waals surface area contributed by atoms with Gasteiger partial charge in [0.15, 0.2) is 0 Å². The van der Waals surface area contributed by atoms with Crippen molar-refractivity contribution in [3.8, 4) is 34.2 Å². The highest BCUT2D eigenvalue weighted by molar-refractivity contribution is 5.83. The first-order valence-electron chi connectivity index (χ1n) is 8.41. The minimum Gasteiger partial charge on any atom is -0.416 e. The molecule has 1 aliphatic rings. The van der Waals surface area contributed by atoms with E-state index in [1.54, 1.807) is 0 Å². The number of nitrogens with one attached hydrogen (secondary N) is 1. The number of aromatic amines is 1. The average molecular weight is 327 g/mol. The number of aryl methyl sites for hydroxylation is 2. The zero-order valence-electron chi connectivity index (χ0n) is 14.1. The van der Waals surface area contributed by atoms with Crippen molar-refractivity contribution in [2.75, 3.05) is 0 Å². The number of hydrogen-bond acceptors (Lipinski definition) is 3. The van der Waals surface area contributed by atoms with Gasteiger partial charge in [0, 0.05) is 23.2 Å². The number of aromatic nitrogens is 3. The molecule has 1 N–H and O–H groups in total. The van der Waals surface area contributed by atoms with Crippen LogP contribution in [-0.2, 0) is 6.42 Å². The number of benzene rings is 2. The maximum atomic E-state index is 6.00. The number of hydrogen-bond donors (Lipinski definition) is 1. The van der Waals surface area contributed by atoms with E-state index >= 15 is 0 Å². The Balaban J connectivity index is 1.61. The first-order valence-corrected chi connectivity index (χ1v) is 8.41. The average Bonchev–Trinajstić information content (AvgIpc) is 3.29. The number of H-pyrrole nitrogens is 1. The van der Waals surface area contributed by atoms with E-state index in [0.29, 0.717) is 11.8 Å². The topological polar surface area (TPSA) is 54.7 Å². The minimum atomic E-state index is 0.552. The van der Waals surface area contributed by atoms with Crippen LogP contribution < -0.4 is 0 Å². The van der Waals surface area contributed by atoms with E-state index in [-0.39, 0.29) is 0 Å². The molecule has 0 fully saturated rings. The van der Waals surface area contributed by atoms with Crippen molar-refractivity contribution >= 4 is 0 Å². The molecule has 0 spiro atoms. The molecule has 2 aromatic carbocycles. The maximum Gasteiger partial charge on any atom is 0.250 e. The van der Waals surface area contributed by atoms with Crippen LogP contribution in [-0.4, -0.2) is 15.2 Å².